The van der Waals surface area contributed by atoms with E-state index in [0.29, 0.717) is 5.92 Å². The van der Waals surface area contributed by atoms with E-state index in [4.69, 9.17) is 11.6 Å². The van der Waals surface area contributed by atoms with Gasteiger partial charge >= 0.3 is 0 Å². The molecule has 0 aliphatic carbocycles. The maximum absolute atomic E-state index is 11.8. The van der Waals surface area contributed by atoms with Gasteiger partial charge in [-0.3, -0.25) is 4.79 Å². The maximum Gasteiger partial charge on any atom is 0.248 e. The summed E-state index contributed by atoms with van der Waals surface area (Å²) in [5.41, 5.74) is 5.23. The molecule has 0 spiro atoms. The quantitative estimate of drug-likeness (QED) is 0.808. The largest absolute Gasteiger partial charge is 0.324 e. The molecular weight excluding hydrogens is 346 g/mol. The van der Waals surface area contributed by atoms with Gasteiger partial charge in [0.25, 0.3) is 0 Å². The van der Waals surface area contributed by atoms with E-state index in [0.717, 1.165) is 53.3 Å². The van der Waals surface area contributed by atoms with Crippen LogP contribution in [-0.4, -0.2) is 23.2 Å². The topological polar surface area (TPSA) is 44.7 Å². The van der Waals surface area contributed by atoms with Crippen LogP contribution in [0.5, 0.6) is 0 Å². The van der Waals surface area contributed by atoms with Crippen LogP contribution in [0.1, 0.15) is 43.2 Å². The van der Waals surface area contributed by atoms with Crippen LogP contribution in [0.3, 0.4) is 0 Å². The Morgan fingerprint density at radius 2 is 2.00 bits per heavy atom. The minimum Gasteiger partial charge on any atom is -0.324 e. The van der Waals surface area contributed by atoms with E-state index in [1.54, 1.807) is 6.08 Å². The average molecular weight is 368 g/mol. The number of nitrogens with zero attached hydrogens (tertiary/aromatic N) is 2. The summed E-state index contributed by atoms with van der Waals surface area (Å²) < 4.78 is 0. The molecule has 26 heavy (non-hydrogen) atoms. The Hall–Kier alpha value is -2.33. The number of hydrogen-bond acceptors (Lipinski definition) is 3. The van der Waals surface area contributed by atoms with Crippen molar-refractivity contribution in [2.75, 3.05) is 6.54 Å². The Bertz CT molecular complexity index is 862. The first-order valence-corrected chi connectivity index (χ1v) is 9.49. The zero-order chi connectivity index (χ0) is 18.3. The van der Waals surface area contributed by atoms with Crippen molar-refractivity contribution >= 4 is 23.3 Å². The fourth-order valence-electron chi connectivity index (χ4n) is 3.64. The van der Waals surface area contributed by atoms with Crippen LogP contribution in [-0.2, 0) is 4.79 Å². The van der Waals surface area contributed by atoms with E-state index >= 15 is 0 Å². The summed E-state index contributed by atoms with van der Waals surface area (Å²) in [6.07, 6.45) is 7.02. The molecule has 4 rings (SSSR count). The van der Waals surface area contributed by atoms with Crippen LogP contribution >= 0.6 is 11.6 Å². The number of amidine groups is 1. The van der Waals surface area contributed by atoms with Crippen molar-refractivity contribution in [3.05, 3.63) is 70.7 Å². The predicted octanol–water partition coefficient (Wildman–Crippen LogP) is 4.26. The second-order valence-corrected chi connectivity index (χ2v) is 7.83. The highest BCUT2D eigenvalue weighted by Crippen LogP contribution is 2.34. The van der Waals surface area contributed by atoms with Gasteiger partial charge in [0, 0.05) is 42.1 Å². The lowest BCUT2D eigenvalue weighted by atomic mass is 10.0. The van der Waals surface area contributed by atoms with Crippen molar-refractivity contribution < 1.29 is 4.79 Å². The highest BCUT2D eigenvalue weighted by molar-refractivity contribution is 6.20. The molecule has 3 heterocycles. The van der Waals surface area contributed by atoms with Gasteiger partial charge in [0.05, 0.1) is 11.1 Å². The summed E-state index contributed by atoms with van der Waals surface area (Å²) in [7, 11) is 0. The van der Waals surface area contributed by atoms with Gasteiger partial charge in [0.15, 0.2) is 0 Å². The molecule has 3 aliphatic rings. The van der Waals surface area contributed by atoms with Crippen molar-refractivity contribution in [2.24, 2.45) is 10.9 Å². The second kappa shape index (κ2) is 6.76. The number of nitrogens with one attached hydrogen (secondary N) is 1. The van der Waals surface area contributed by atoms with Gasteiger partial charge in [-0.05, 0) is 24.0 Å². The smallest absolute Gasteiger partial charge is 0.248 e. The summed E-state index contributed by atoms with van der Waals surface area (Å²) in [5, 5.41) is 3.02. The Labute approximate surface area is 158 Å². The number of carbonyl (C=O) groups is 1. The van der Waals surface area contributed by atoms with Gasteiger partial charge in [-0.1, -0.05) is 38.1 Å². The molecule has 1 atom stereocenters. The van der Waals surface area contributed by atoms with E-state index < -0.39 is 0 Å². The number of allylic oxidation sites excluding steroid dienone is 1. The number of hydrogen-bond donors (Lipinski definition) is 1. The SMILES string of the molecule is CC(C)CC(Cl)c1ccc(C2=NC=C3C=CC(=O)NC4=C3N2CC4)cc1. The first kappa shape index (κ1) is 17.1. The molecule has 0 saturated carbocycles. The highest BCUT2D eigenvalue weighted by atomic mass is 35.5. The molecular formula is C21H22ClN3O. The van der Waals surface area contributed by atoms with Crippen molar-refractivity contribution in [1.82, 2.24) is 10.2 Å². The number of carbonyl (C=O) groups excluding carboxylic acids is 1. The summed E-state index contributed by atoms with van der Waals surface area (Å²) in [5.74, 6) is 1.41. The molecule has 0 aromatic heterocycles. The Morgan fingerprint density at radius 1 is 1.23 bits per heavy atom. The first-order valence-electron chi connectivity index (χ1n) is 9.05. The zero-order valence-corrected chi connectivity index (χ0v) is 15.8. The van der Waals surface area contributed by atoms with Crippen LogP contribution in [0.2, 0.25) is 0 Å². The van der Waals surface area contributed by atoms with Crippen LogP contribution in [0.4, 0.5) is 0 Å². The van der Waals surface area contributed by atoms with Crippen molar-refractivity contribution in [1.29, 1.82) is 0 Å². The van der Waals surface area contributed by atoms with E-state index in [2.05, 4.69) is 53.3 Å². The normalized spacial score (nSPS) is 19.8. The Balaban J connectivity index is 1.63. The monoisotopic (exact) mass is 367 g/mol. The number of benzene rings is 1. The summed E-state index contributed by atoms with van der Waals surface area (Å²) in [6.45, 7) is 5.19. The number of amides is 1. The van der Waals surface area contributed by atoms with Gasteiger partial charge in [-0.2, -0.15) is 0 Å². The van der Waals surface area contributed by atoms with E-state index in [1.165, 1.54) is 0 Å². The fraction of sp³-hybridized carbons (Fsp3) is 0.333. The molecule has 1 amide bonds. The minimum atomic E-state index is -0.0751. The standard InChI is InChI=1S/C21H22ClN3O/c1-13(2)11-17(22)14-3-5-15(6-4-14)21-23-12-16-7-8-19(26)24-18-9-10-25(21)20(16)18/h3-8,12-13,17H,9-11H2,1-2H3,(H,24,26). The number of aliphatic imine (C=N–C) groups is 1. The van der Waals surface area contributed by atoms with E-state index in [-0.39, 0.29) is 11.3 Å². The van der Waals surface area contributed by atoms with Gasteiger partial charge in [0.1, 0.15) is 5.84 Å². The summed E-state index contributed by atoms with van der Waals surface area (Å²) in [4.78, 5) is 18.7. The van der Waals surface area contributed by atoms with Crippen LogP contribution in [0.15, 0.2) is 64.6 Å². The van der Waals surface area contributed by atoms with Crippen molar-refractivity contribution in [3.63, 3.8) is 0 Å². The lowest BCUT2D eigenvalue weighted by Gasteiger charge is -2.27. The molecule has 0 fully saturated rings. The minimum absolute atomic E-state index is 0.0344. The lowest BCUT2D eigenvalue weighted by Crippen LogP contribution is -2.31. The van der Waals surface area contributed by atoms with Gasteiger partial charge in [-0.25, -0.2) is 4.99 Å². The highest BCUT2D eigenvalue weighted by Gasteiger charge is 2.32. The van der Waals surface area contributed by atoms with Gasteiger partial charge in [-0.15, -0.1) is 11.6 Å². The molecule has 0 radical (unpaired) electrons. The number of alkyl halides is 1. The molecule has 134 valence electrons. The Kier molecular flexibility index (Phi) is 4.45. The summed E-state index contributed by atoms with van der Waals surface area (Å²) in [6, 6.07) is 8.37. The Morgan fingerprint density at radius 3 is 2.73 bits per heavy atom. The zero-order valence-electron chi connectivity index (χ0n) is 15.0. The van der Waals surface area contributed by atoms with Crippen molar-refractivity contribution in [3.8, 4) is 0 Å². The number of halogens is 1. The molecule has 0 saturated heterocycles. The third-order valence-corrected chi connectivity index (χ3v) is 5.32. The average Bonchev–Trinajstić information content (AvgIpc) is 2.95. The third-order valence-electron chi connectivity index (χ3n) is 4.89. The number of rotatable bonds is 4. The first-order chi connectivity index (χ1) is 12.5. The third kappa shape index (κ3) is 3.10. The molecule has 4 nitrogen and oxygen atoms in total. The molecule has 1 aromatic rings. The second-order valence-electron chi connectivity index (χ2n) is 7.31. The van der Waals surface area contributed by atoms with Crippen molar-refractivity contribution in [2.45, 2.75) is 32.1 Å². The van der Waals surface area contributed by atoms with Gasteiger partial charge in [0.2, 0.25) is 5.91 Å². The van der Waals surface area contributed by atoms with Crippen LogP contribution in [0.25, 0.3) is 0 Å². The molecule has 1 N–H and O–H groups in total. The van der Waals surface area contributed by atoms with E-state index in [1.807, 2.05) is 12.3 Å². The molecule has 3 aliphatic heterocycles. The van der Waals surface area contributed by atoms with E-state index in [9.17, 15) is 4.79 Å². The lowest BCUT2D eigenvalue weighted by molar-refractivity contribution is -0.115. The molecule has 0 bridgehead atoms. The summed E-state index contributed by atoms with van der Waals surface area (Å²) >= 11 is 6.52. The predicted molar refractivity (Wildman–Crippen MR) is 105 cm³/mol. The van der Waals surface area contributed by atoms with Gasteiger partial charge < -0.3 is 10.2 Å². The molecule has 1 unspecified atom stereocenters. The fourth-order valence-corrected chi connectivity index (χ4v) is 4.14. The maximum atomic E-state index is 11.8. The molecule has 5 heteroatoms. The van der Waals surface area contributed by atoms with Crippen LogP contribution in [0, 0.1) is 5.92 Å². The molecule has 1 aromatic carbocycles. The van der Waals surface area contributed by atoms with Crippen LogP contribution < -0.4 is 5.32 Å².